The Hall–Kier alpha value is -1.40. The average molecular weight is 310 g/mol. The second kappa shape index (κ2) is 6.58. The lowest BCUT2D eigenvalue weighted by atomic mass is 9.95. The van der Waals surface area contributed by atoms with Gasteiger partial charge in [0.05, 0.1) is 16.2 Å². The SMILES string of the molecule is CCS(=O)(=O)c1ccccc1C(=O)NC1CCNCC1C. The first-order valence-corrected chi connectivity index (χ1v) is 8.94. The van der Waals surface area contributed by atoms with Gasteiger partial charge in [0.2, 0.25) is 0 Å². The van der Waals surface area contributed by atoms with Crippen molar-refractivity contribution in [2.24, 2.45) is 5.92 Å². The molecule has 1 aliphatic rings. The van der Waals surface area contributed by atoms with E-state index < -0.39 is 9.84 Å². The topological polar surface area (TPSA) is 75.3 Å². The fourth-order valence-electron chi connectivity index (χ4n) is 2.56. The lowest BCUT2D eigenvalue weighted by Crippen LogP contribution is -2.48. The number of benzene rings is 1. The van der Waals surface area contributed by atoms with Crippen LogP contribution in [0, 0.1) is 5.92 Å². The van der Waals surface area contributed by atoms with E-state index in [0.717, 1.165) is 19.5 Å². The van der Waals surface area contributed by atoms with Gasteiger partial charge in [0.15, 0.2) is 9.84 Å². The molecule has 0 bridgehead atoms. The Morgan fingerprint density at radius 1 is 1.38 bits per heavy atom. The number of hydrogen-bond acceptors (Lipinski definition) is 4. The van der Waals surface area contributed by atoms with Gasteiger partial charge in [-0.25, -0.2) is 8.42 Å². The lowest BCUT2D eigenvalue weighted by Gasteiger charge is -2.30. The van der Waals surface area contributed by atoms with Crippen molar-refractivity contribution >= 4 is 15.7 Å². The van der Waals surface area contributed by atoms with Crippen LogP contribution in [0.5, 0.6) is 0 Å². The number of carbonyl (C=O) groups is 1. The quantitative estimate of drug-likeness (QED) is 0.876. The number of carbonyl (C=O) groups excluding carboxylic acids is 1. The fraction of sp³-hybridized carbons (Fsp3) is 0.533. The molecule has 0 radical (unpaired) electrons. The van der Waals surface area contributed by atoms with Gasteiger partial charge in [-0.1, -0.05) is 26.0 Å². The standard InChI is InChI=1S/C15H22N2O3S/c1-3-21(19,20)14-7-5-4-6-12(14)15(18)17-13-8-9-16-10-11(13)2/h4-7,11,13,16H,3,8-10H2,1-2H3,(H,17,18). The Bertz CT molecular complexity index is 613. The Morgan fingerprint density at radius 3 is 2.76 bits per heavy atom. The molecule has 2 N–H and O–H groups in total. The van der Waals surface area contributed by atoms with Crippen LogP contribution < -0.4 is 10.6 Å². The number of nitrogens with one attached hydrogen (secondary N) is 2. The van der Waals surface area contributed by atoms with Gasteiger partial charge < -0.3 is 10.6 Å². The van der Waals surface area contributed by atoms with E-state index in [1.165, 1.54) is 6.07 Å². The van der Waals surface area contributed by atoms with Crippen molar-refractivity contribution in [2.45, 2.75) is 31.2 Å². The maximum absolute atomic E-state index is 12.4. The molecule has 116 valence electrons. The van der Waals surface area contributed by atoms with Crippen molar-refractivity contribution in [3.63, 3.8) is 0 Å². The summed E-state index contributed by atoms with van der Waals surface area (Å²) in [7, 11) is -3.40. The van der Waals surface area contributed by atoms with Crippen molar-refractivity contribution in [1.29, 1.82) is 0 Å². The van der Waals surface area contributed by atoms with Gasteiger partial charge in [-0.3, -0.25) is 4.79 Å². The molecule has 2 atom stereocenters. The van der Waals surface area contributed by atoms with Gasteiger partial charge in [0.1, 0.15) is 0 Å². The summed E-state index contributed by atoms with van der Waals surface area (Å²) in [5.74, 6) is 0.0140. The molecule has 1 saturated heterocycles. The third kappa shape index (κ3) is 3.63. The van der Waals surface area contributed by atoms with Crippen LogP contribution in [0.15, 0.2) is 29.2 Å². The highest BCUT2D eigenvalue weighted by Gasteiger charge is 2.26. The number of piperidine rings is 1. The van der Waals surface area contributed by atoms with Crippen molar-refractivity contribution in [3.05, 3.63) is 29.8 Å². The smallest absolute Gasteiger partial charge is 0.252 e. The average Bonchev–Trinajstić information content (AvgIpc) is 2.49. The maximum Gasteiger partial charge on any atom is 0.252 e. The minimum Gasteiger partial charge on any atom is -0.349 e. The molecule has 1 aromatic rings. The molecule has 21 heavy (non-hydrogen) atoms. The Morgan fingerprint density at radius 2 is 2.10 bits per heavy atom. The molecule has 0 aromatic heterocycles. The van der Waals surface area contributed by atoms with E-state index in [9.17, 15) is 13.2 Å². The summed E-state index contributed by atoms with van der Waals surface area (Å²) in [6.07, 6.45) is 0.857. The highest BCUT2D eigenvalue weighted by Crippen LogP contribution is 2.18. The number of rotatable bonds is 4. The van der Waals surface area contributed by atoms with E-state index in [4.69, 9.17) is 0 Å². The van der Waals surface area contributed by atoms with Crippen molar-refractivity contribution < 1.29 is 13.2 Å². The van der Waals surface area contributed by atoms with E-state index in [1.54, 1.807) is 25.1 Å². The van der Waals surface area contributed by atoms with E-state index in [0.29, 0.717) is 5.92 Å². The van der Waals surface area contributed by atoms with Gasteiger partial charge in [0, 0.05) is 6.04 Å². The van der Waals surface area contributed by atoms with Gasteiger partial charge in [0.25, 0.3) is 5.91 Å². The molecule has 1 amide bonds. The number of hydrogen-bond donors (Lipinski definition) is 2. The summed E-state index contributed by atoms with van der Waals surface area (Å²) < 4.78 is 24.2. The molecule has 6 heteroatoms. The van der Waals surface area contributed by atoms with E-state index in [1.807, 2.05) is 0 Å². The zero-order chi connectivity index (χ0) is 15.5. The van der Waals surface area contributed by atoms with E-state index in [2.05, 4.69) is 17.6 Å². The highest BCUT2D eigenvalue weighted by atomic mass is 32.2. The second-order valence-electron chi connectivity index (χ2n) is 5.45. The van der Waals surface area contributed by atoms with Crippen LogP contribution in [0.1, 0.15) is 30.6 Å². The van der Waals surface area contributed by atoms with E-state index in [-0.39, 0.29) is 28.2 Å². The molecule has 1 aliphatic heterocycles. The lowest BCUT2D eigenvalue weighted by molar-refractivity contribution is 0.0911. The highest BCUT2D eigenvalue weighted by molar-refractivity contribution is 7.91. The number of sulfone groups is 1. The Balaban J connectivity index is 2.24. The van der Waals surface area contributed by atoms with Crippen molar-refractivity contribution in [3.8, 4) is 0 Å². The predicted octanol–water partition coefficient (Wildman–Crippen LogP) is 1.21. The normalized spacial score (nSPS) is 22.8. The molecular weight excluding hydrogens is 288 g/mol. The summed E-state index contributed by atoms with van der Waals surface area (Å²) in [5, 5.41) is 6.25. The molecule has 5 nitrogen and oxygen atoms in total. The van der Waals surface area contributed by atoms with Crippen LogP contribution in [0.2, 0.25) is 0 Å². The summed E-state index contributed by atoms with van der Waals surface area (Å²) in [5.41, 5.74) is 0.241. The first-order valence-electron chi connectivity index (χ1n) is 7.29. The minimum atomic E-state index is -3.40. The van der Waals surface area contributed by atoms with E-state index >= 15 is 0 Å². The Labute approximate surface area is 126 Å². The third-order valence-corrected chi connectivity index (χ3v) is 5.73. The van der Waals surface area contributed by atoms with Crippen LogP contribution in [0.4, 0.5) is 0 Å². The molecule has 1 fully saturated rings. The summed E-state index contributed by atoms with van der Waals surface area (Å²) in [4.78, 5) is 12.6. The molecule has 0 saturated carbocycles. The zero-order valence-electron chi connectivity index (χ0n) is 12.4. The van der Waals surface area contributed by atoms with Crippen LogP contribution >= 0.6 is 0 Å². The second-order valence-corrected chi connectivity index (χ2v) is 7.70. The first-order chi connectivity index (χ1) is 9.95. The third-order valence-electron chi connectivity index (χ3n) is 3.95. The van der Waals surface area contributed by atoms with Crippen LogP contribution in [0.3, 0.4) is 0 Å². The summed E-state index contributed by atoms with van der Waals surface area (Å²) >= 11 is 0. The van der Waals surface area contributed by atoms with Gasteiger partial charge in [-0.15, -0.1) is 0 Å². The van der Waals surface area contributed by atoms with Crippen LogP contribution in [-0.4, -0.2) is 39.2 Å². The van der Waals surface area contributed by atoms with Gasteiger partial charge in [-0.05, 0) is 37.6 Å². The largest absolute Gasteiger partial charge is 0.349 e. The molecule has 1 heterocycles. The summed E-state index contributed by atoms with van der Waals surface area (Å²) in [6, 6.07) is 6.49. The molecule has 2 rings (SSSR count). The maximum atomic E-state index is 12.4. The monoisotopic (exact) mass is 310 g/mol. The molecule has 1 aromatic carbocycles. The van der Waals surface area contributed by atoms with Crippen molar-refractivity contribution in [1.82, 2.24) is 10.6 Å². The molecule has 0 spiro atoms. The Kier molecular flexibility index (Phi) is 5.00. The molecule has 2 unspecified atom stereocenters. The molecular formula is C15H22N2O3S. The van der Waals surface area contributed by atoms with Crippen LogP contribution in [0.25, 0.3) is 0 Å². The first kappa shape index (κ1) is 16.0. The van der Waals surface area contributed by atoms with Gasteiger partial charge in [-0.2, -0.15) is 0 Å². The van der Waals surface area contributed by atoms with Gasteiger partial charge >= 0.3 is 0 Å². The fourth-order valence-corrected chi connectivity index (χ4v) is 3.65. The minimum absolute atomic E-state index is 0.0129. The van der Waals surface area contributed by atoms with Crippen molar-refractivity contribution in [2.75, 3.05) is 18.8 Å². The zero-order valence-corrected chi connectivity index (χ0v) is 13.2. The van der Waals surface area contributed by atoms with Crippen LogP contribution in [-0.2, 0) is 9.84 Å². The predicted molar refractivity (Wildman–Crippen MR) is 82.1 cm³/mol. The number of amides is 1. The molecule has 0 aliphatic carbocycles. The summed E-state index contributed by atoms with van der Waals surface area (Å²) in [6.45, 7) is 5.38.